The average Bonchev–Trinajstić information content (AvgIpc) is 2.86. The van der Waals surface area contributed by atoms with E-state index in [0.717, 1.165) is 58.3 Å². The quantitative estimate of drug-likeness (QED) is 0.0909. The van der Waals surface area contributed by atoms with Crippen LogP contribution in [0.1, 0.15) is 136 Å². The van der Waals surface area contributed by atoms with Gasteiger partial charge in [-0.15, -0.1) is 0 Å². The van der Waals surface area contributed by atoms with Crippen LogP contribution in [-0.2, 0) is 19.1 Å². The summed E-state index contributed by atoms with van der Waals surface area (Å²) in [7, 11) is -3.68. The molecule has 0 aliphatic carbocycles. The third-order valence-corrected chi connectivity index (χ3v) is 24.4. The van der Waals surface area contributed by atoms with E-state index in [9.17, 15) is 8.42 Å². The molecular formula is C30H56O3SSn. The van der Waals surface area contributed by atoms with Crippen LogP contribution in [0.25, 0.3) is 0 Å². The van der Waals surface area contributed by atoms with Crippen LogP contribution >= 0.6 is 0 Å². The van der Waals surface area contributed by atoms with Crippen LogP contribution in [0.5, 0.6) is 0 Å². The van der Waals surface area contributed by atoms with E-state index in [1.807, 2.05) is 12.1 Å². The average molecular weight is 616 g/mol. The molecule has 0 saturated heterocycles. The Kier molecular flexibility index (Phi) is 18.8. The molecule has 1 aromatic rings. The SMILES string of the molecule is CCCCCCCCCCCCc1ccc(S(=O)(=O)[O][Sn]([CH2]CCC)([CH2]CCC)[CH2]CCC)cc1. The van der Waals surface area contributed by atoms with Gasteiger partial charge in [0.15, 0.2) is 0 Å². The molecule has 35 heavy (non-hydrogen) atoms. The molecule has 0 atom stereocenters. The van der Waals surface area contributed by atoms with Gasteiger partial charge in [-0.2, -0.15) is 0 Å². The summed E-state index contributed by atoms with van der Waals surface area (Å²) in [5.74, 6) is 0. The van der Waals surface area contributed by atoms with Gasteiger partial charge in [0.2, 0.25) is 0 Å². The summed E-state index contributed by atoms with van der Waals surface area (Å²) in [6.07, 6.45) is 21.0. The van der Waals surface area contributed by atoms with Crippen molar-refractivity contribution in [2.75, 3.05) is 0 Å². The first-order valence-electron chi connectivity index (χ1n) is 15.0. The Morgan fingerprint density at radius 3 is 1.40 bits per heavy atom. The minimum absolute atomic E-state index is 0.356. The van der Waals surface area contributed by atoms with Gasteiger partial charge in [-0.1, -0.05) is 39.0 Å². The van der Waals surface area contributed by atoms with Crippen molar-refractivity contribution in [2.24, 2.45) is 0 Å². The molecule has 0 heterocycles. The van der Waals surface area contributed by atoms with Crippen molar-refractivity contribution >= 4 is 28.9 Å². The van der Waals surface area contributed by atoms with E-state index >= 15 is 0 Å². The van der Waals surface area contributed by atoms with Gasteiger partial charge in [0, 0.05) is 0 Å². The van der Waals surface area contributed by atoms with Gasteiger partial charge in [-0.3, -0.25) is 0 Å². The van der Waals surface area contributed by atoms with Crippen molar-refractivity contribution in [3.63, 3.8) is 0 Å². The molecular weight excluding hydrogens is 559 g/mol. The molecule has 5 heteroatoms. The van der Waals surface area contributed by atoms with Gasteiger partial charge in [-0.05, 0) is 0 Å². The fraction of sp³-hybridized carbons (Fsp3) is 0.800. The fourth-order valence-corrected chi connectivity index (χ4v) is 23.8. The Morgan fingerprint density at radius 2 is 0.971 bits per heavy atom. The predicted molar refractivity (Wildman–Crippen MR) is 155 cm³/mol. The second-order valence-electron chi connectivity index (χ2n) is 10.6. The molecule has 0 fully saturated rings. The maximum atomic E-state index is 13.3. The first-order valence-corrected chi connectivity index (χ1v) is 23.6. The molecule has 0 aromatic heterocycles. The van der Waals surface area contributed by atoms with Crippen molar-refractivity contribution in [3.05, 3.63) is 29.8 Å². The normalized spacial score (nSPS) is 12.3. The van der Waals surface area contributed by atoms with Crippen LogP contribution in [0.3, 0.4) is 0 Å². The standard InChI is InChI=1S/C18H30O3S.3C4H9.Sn/c1-2-3-4-5-6-7-8-9-10-11-12-17-13-15-18(16-14-17)22(19,20)21;3*1-3-4-2;/h13-16H,2-12H2,1H3,(H,19,20,21);3*1,3-4H2,2H3;/q;;;;+1/p-1. The molecule has 0 spiro atoms. The van der Waals surface area contributed by atoms with E-state index in [0.29, 0.717) is 4.90 Å². The Morgan fingerprint density at radius 1 is 0.571 bits per heavy atom. The molecule has 0 aliphatic rings. The fourth-order valence-electron chi connectivity index (χ4n) is 4.92. The van der Waals surface area contributed by atoms with E-state index < -0.39 is 28.9 Å². The zero-order valence-electron chi connectivity index (χ0n) is 23.6. The van der Waals surface area contributed by atoms with Gasteiger partial charge in [0.1, 0.15) is 0 Å². The number of hydrogen-bond donors (Lipinski definition) is 0. The third-order valence-electron chi connectivity index (χ3n) is 7.28. The number of aryl methyl sites for hydroxylation is 1. The molecule has 1 aromatic carbocycles. The molecule has 0 radical (unpaired) electrons. The van der Waals surface area contributed by atoms with E-state index in [1.54, 1.807) is 12.1 Å². The first-order chi connectivity index (χ1) is 16.9. The summed E-state index contributed by atoms with van der Waals surface area (Å²) in [5.41, 5.74) is 1.24. The summed E-state index contributed by atoms with van der Waals surface area (Å²) in [6, 6.07) is 7.59. The second-order valence-corrected chi connectivity index (χ2v) is 24.6. The Hall–Kier alpha value is -0.0713. The molecule has 0 bridgehead atoms. The van der Waals surface area contributed by atoms with E-state index in [-0.39, 0.29) is 0 Å². The zero-order valence-corrected chi connectivity index (χ0v) is 27.3. The Balaban J connectivity index is 2.59. The number of hydrogen-bond acceptors (Lipinski definition) is 3. The van der Waals surface area contributed by atoms with Crippen LogP contribution in [-0.4, -0.2) is 27.2 Å². The van der Waals surface area contributed by atoms with Crippen molar-refractivity contribution in [1.29, 1.82) is 0 Å². The van der Waals surface area contributed by atoms with Crippen LogP contribution in [0, 0.1) is 0 Å². The minimum atomic E-state index is -3.68. The Bertz CT molecular complexity index is 709. The first kappa shape index (κ1) is 33.0. The second kappa shape index (κ2) is 20.0. The number of unbranched alkanes of at least 4 members (excludes halogenated alkanes) is 12. The summed E-state index contributed by atoms with van der Waals surface area (Å²) < 4.78 is 36.0. The summed E-state index contributed by atoms with van der Waals surface area (Å²) in [4.78, 5) is 0.356. The molecule has 204 valence electrons. The van der Waals surface area contributed by atoms with Gasteiger partial charge in [-0.25, -0.2) is 0 Å². The predicted octanol–water partition coefficient (Wildman–Crippen LogP) is 10.2. The zero-order chi connectivity index (χ0) is 25.8. The van der Waals surface area contributed by atoms with Gasteiger partial charge in [0.25, 0.3) is 0 Å². The molecule has 0 unspecified atom stereocenters. The van der Waals surface area contributed by atoms with E-state index in [2.05, 4.69) is 27.7 Å². The van der Waals surface area contributed by atoms with Crippen LogP contribution in [0.15, 0.2) is 29.2 Å². The monoisotopic (exact) mass is 616 g/mol. The van der Waals surface area contributed by atoms with Crippen LogP contribution in [0.4, 0.5) is 0 Å². The van der Waals surface area contributed by atoms with Crippen molar-refractivity contribution in [2.45, 2.75) is 155 Å². The summed E-state index contributed by atoms with van der Waals surface area (Å²) in [5, 5.41) is 0. The molecule has 1 rings (SSSR count). The van der Waals surface area contributed by atoms with Gasteiger partial charge >= 0.3 is 186 Å². The molecule has 0 amide bonds. The summed E-state index contributed by atoms with van der Waals surface area (Å²) >= 11 is -3.23. The number of benzene rings is 1. The van der Waals surface area contributed by atoms with E-state index in [4.69, 9.17) is 2.52 Å². The van der Waals surface area contributed by atoms with E-state index in [1.165, 1.54) is 69.8 Å². The Labute approximate surface area is 223 Å². The van der Waals surface area contributed by atoms with Crippen LogP contribution < -0.4 is 0 Å². The molecule has 3 nitrogen and oxygen atoms in total. The molecule has 0 saturated carbocycles. The third kappa shape index (κ3) is 14.4. The van der Waals surface area contributed by atoms with Crippen molar-refractivity contribution < 1.29 is 10.9 Å². The van der Waals surface area contributed by atoms with Gasteiger partial charge in [0.05, 0.1) is 0 Å². The van der Waals surface area contributed by atoms with Crippen molar-refractivity contribution in [3.8, 4) is 0 Å². The number of rotatable bonds is 23. The topological polar surface area (TPSA) is 43.4 Å². The van der Waals surface area contributed by atoms with Crippen LogP contribution in [0.2, 0.25) is 13.3 Å². The summed E-state index contributed by atoms with van der Waals surface area (Å²) in [6.45, 7) is 8.85. The van der Waals surface area contributed by atoms with Crippen molar-refractivity contribution in [1.82, 2.24) is 0 Å². The maximum absolute atomic E-state index is 13.3. The van der Waals surface area contributed by atoms with Gasteiger partial charge < -0.3 is 0 Å². The molecule has 0 N–H and O–H groups in total. The molecule has 0 aliphatic heterocycles.